The molecule has 28 heavy (non-hydrogen) atoms. The first-order valence-corrected chi connectivity index (χ1v) is 10.7. The highest BCUT2D eigenvalue weighted by Crippen LogP contribution is 2.87. The highest BCUT2D eigenvalue weighted by molar-refractivity contribution is 7.99. The van der Waals surface area contributed by atoms with E-state index in [1.807, 2.05) is 24.7 Å². The van der Waals surface area contributed by atoms with Gasteiger partial charge < -0.3 is 16.4 Å². The number of nitrogens with two attached hydrogens (primary N) is 2. The molecule has 2 unspecified atom stereocenters. The van der Waals surface area contributed by atoms with Gasteiger partial charge in [0.2, 0.25) is 5.95 Å². The van der Waals surface area contributed by atoms with Crippen molar-refractivity contribution in [2.75, 3.05) is 17.2 Å². The number of fused-ring (bicyclic) bond motifs is 2. The smallest absolute Gasteiger partial charge is 0.211 e. The number of halogens is 1. The first-order chi connectivity index (χ1) is 13.6. The lowest BCUT2D eigenvalue weighted by Gasteiger charge is -2.21. The molecular weight excluding hydrogens is 394 g/mol. The number of imidazole rings is 1. The molecule has 9 heteroatoms. The summed E-state index contributed by atoms with van der Waals surface area (Å²) in [5, 5.41) is 0.459. The molecule has 7 nitrogen and oxygen atoms in total. The second-order valence-corrected chi connectivity index (χ2v) is 9.36. The van der Waals surface area contributed by atoms with Crippen molar-refractivity contribution in [1.82, 2.24) is 19.4 Å². The number of hydrogen-bond donors (Lipinski definition) is 2. The highest BCUT2D eigenvalue weighted by Gasteiger charge is 2.93. The van der Waals surface area contributed by atoms with Crippen LogP contribution in [0.1, 0.15) is 13.3 Å². The molecule has 144 valence electrons. The Kier molecular flexibility index (Phi) is 3.33. The average Bonchev–Trinajstić information content (AvgIpc) is 3.24. The summed E-state index contributed by atoms with van der Waals surface area (Å²) in [4.78, 5) is 17.6. The van der Waals surface area contributed by atoms with Gasteiger partial charge in [-0.2, -0.15) is 0 Å². The Bertz CT molecular complexity index is 1110. The lowest BCUT2D eigenvalue weighted by Crippen LogP contribution is -2.33. The Balaban J connectivity index is 1.35. The lowest BCUT2D eigenvalue weighted by atomic mass is 9.97. The molecule has 2 aliphatic heterocycles. The zero-order valence-electron chi connectivity index (χ0n) is 15.3. The Morgan fingerprint density at radius 3 is 2.96 bits per heavy atom. The van der Waals surface area contributed by atoms with E-state index in [1.165, 1.54) is 11.8 Å². The Labute approximate surface area is 171 Å². The number of piperidine rings is 1. The van der Waals surface area contributed by atoms with Gasteiger partial charge in [0, 0.05) is 53.7 Å². The van der Waals surface area contributed by atoms with Crippen LogP contribution in [0, 0.1) is 17.3 Å². The maximum absolute atomic E-state index is 6.45. The van der Waals surface area contributed by atoms with Crippen molar-refractivity contribution < 1.29 is 0 Å². The number of nitrogens with zero attached hydrogens (tertiary/aromatic N) is 5. The first kappa shape index (κ1) is 16.9. The van der Waals surface area contributed by atoms with Gasteiger partial charge in [-0.25, -0.2) is 15.0 Å². The maximum Gasteiger partial charge on any atom is 0.211 e. The number of anilines is 2. The van der Waals surface area contributed by atoms with Gasteiger partial charge in [0.1, 0.15) is 5.82 Å². The summed E-state index contributed by atoms with van der Waals surface area (Å²) in [6, 6.07) is 2.69. The molecule has 4 N–H and O–H groups in total. The normalized spacial score (nSPS) is 30.5. The van der Waals surface area contributed by atoms with Gasteiger partial charge in [-0.05, 0) is 24.3 Å². The number of pyridine rings is 1. The van der Waals surface area contributed by atoms with Crippen molar-refractivity contribution in [2.24, 2.45) is 23.0 Å². The van der Waals surface area contributed by atoms with Gasteiger partial charge in [-0.1, -0.05) is 30.3 Å². The van der Waals surface area contributed by atoms with Crippen LogP contribution >= 0.6 is 23.4 Å². The SMILES string of the molecule is CC[C@H](N)[C@@]12C3CN(c4ncc(Sc5ccnc(N)c5Cl)c5nccn45)C1[C@@H]32. The van der Waals surface area contributed by atoms with Crippen molar-refractivity contribution in [3.8, 4) is 0 Å². The van der Waals surface area contributed by atoms with Crippen molar-refractivity contribution in [1.29, 1.82) is 0 Å². The highest BCUT2D eigenvalue weighted by atomic mass is 35.5. The van der Waals surface area contributed by atoms with E-state index < -0.39 is 0 Å². The minimum Gasteiger partial charge on any atom is -0.382 e. The third-order valence-electron chi connectivity index (χ3n) is 6.83. The summed E-state index contributed by atoms with van der Waals surface area (Å²) in [5.41, 5.74) is 13.5. The molecule has 3 aromatic heterocycles. The fraction of sp³-hybridized carbons (Fsp3) is 0.421. The Morgan fingerprint density at radius 2 is 2.18 bits per heavy atom. The molecule has 0 amide bonds. The van der Waals surface area contributed by atoms with Crippen LogP contribution in [0.15, 0.2) is 40.6 Å². The molecule has 2 saturated heterocycles. The minimum absolute atomic E-state index is 0.296. The van der Waals surface area contributed by atoms with E-state index in [0.29, 0.717) is 28.3 Å². The summed E-state index contributed by atoms with van der Waals surface area (Å²) in [7, 11) is 0. The second-order valence-electron chi connectivity index (χ2n) is 7.90. The zero-order chi connectivity index (χ0) is 19.2. The van der Waals surface area contributed by atoms with Crippen LogP contribution < -0.4 is 16.4 Å². The molecule has 0 radical (unpaired) electrons. The standard InChI is InChI=1S/C19H20ClN7S/c1-2-12(21)19-9-8-27(15(19)13(9)19)18-25-7-11(17-24-5-6-26(17)18)28-10-3-4-23-16(22)14(10)20/h3-7,9,12-13,15H,2,8,21H2,1H3,(H2,22,23)/t9?,12-,13+,15?,19+/m0/s1. The third-order valence-corrected chi connectivity index (χ3v) is 8.41. The lowest BCUT2D eigenvalue weighted by molar-refractivity contribution is 0.434. The predicted molar refractivity (Wildman–Crippen MR) is 110 cm³/mol. The predicted octanol–water partition coefficient (Wildman–Crippen LogP) is 2.68. The van der Waals surface area contributed by atoms with Gasteiger partial charge in [0.05, 0.1) is 9.92 Å². The molecule has 5 atom stereocenters. The van der Waals surface area contributed by atoms with E-state index in [-0.39, 0.29) is 0 Å². The van der Waals surface area contributed by atoms with E-state index in [0.717, 1.165) is 46.2 Å². The molecule has 3 aromatic rings. The molecule has 0 spiro atoms. The molecular formula is C19H20ClN7S. The number of nitrogen functional groups attached to an aromatic ring is 1. The topological polar surface area (TPSA) is 98.4 Å². The van der Waals surface area contributed by atoms with Gasteiger partial charge in [0.25, 0.3) is 0 Å². The number of aromatic nitrogens is 4. The van der Waals surface area contributed by atoms with Crippen LogP contribution in [-0.4, -0.2) is 38.0 Å². The molecule has 0 aromatic carbocycles. The van der Waals surface area contributed by atoms with Crippen molar-refractivity contribution >= 4 is 40.8 Å². The Hall–Kier alpha value is -2.03. The van der Waals surface area contributed by atoms with Gasteiger partial charge in [-0.15, -0.1) is 0 Å². The summed E-state index contributed by atoms with van der Waals surface area (Å²) in [5.74, 6) is 2.78. The zero-order valence-corrected chi connectivity index (χ0v) is 16.9. The summed E-state index contributed by atoms with van der Waals surface area (Å²) in [6.45, 7) is 3.23. The fourth-order valence-electron chi connectivity index (χ4n) is 5.46. The van der Waals surface area contributed by atoms with E-state index in [2.05, 4.69) is 26.2 Å². The van der Waals surface area contributed by atoms with E-state index in [4.69, 9.17) is 28.1 Å². The van der Waals surface area contributed by atoms with Crippen molar-refractivity contribution in [3.05, 3.63) is 35.9 Å². The molecule has 4 fully saturated rings. The summed E-state index contributed by atoms with van der Waals surface area (Å²) in [6.07, 6.45) is 8.36. The largest absolute Gasteiger partial charge is 0.382 e. The van der Waals surface area contributed by atoms with Gasteiger partial charge >= 0.3 is 0 Å². The van der Waals surface area contributed by atoms with Crippen LogP contribution in [0.2, 0.25) is 5.02 Å². The fourth-order valence-corrected chi connectivity index (χ4v) is 6.59. The third kappa shape index (κ3) is 1.93. The minimum atomic E-state index is 0.296. The number of rotatable bonds is 5. The van der Waals surface area contributed by atoms with E-state index in [9.17, 15) is 0 Å². The average molecular weight is 414 g/mol. The maximum atomic E-state index is 6.45. The van der Waals surface area contributed by atoms with Gasteiger partial charge in [-0.3, -0.25) is 4.40 Å². The quantitative estimate of drug-likeness (QED) is 0.663. The van der Waals surface area contributed by atoms with Crippen LogP contribution in [0.3, 0.4) is 0 Å². The van der Waals surface area contributed by atoms with Gasteiger partial charge in [0.15, 0.2) is 5.65 Å². The van der Waals surface area contributed by atoms with Crippen LogP contribution in [0.5, 0.6) is 0 Å². The summed E-state index contributed by atoms with van der Waals surface area (Å²) < 4.78 is 2.08. The molecule has 2 bridgehead atoms. The molecule has 7 rings (SSSR count). The first-order valence-electron chi connectivity index (χ1n) is 9.51. The summed E-state index contributed by atoms with van der Waals surface area (Å²) >= 11 is 7.81. The van der Waals surface area contributed by atoms with Crippen molar-refractivity contribution in [2.45, 2.75) is 35.2 Å². The van der Waals surface area contributed by atoms with Crippen molar-refractivity contribution in [3.63, 3.8) is 0 Å². The van der Waals surface area contributed by atoms with Crippen LogP contribution in [0.4, 0.5) is 11.8 Å². The van der Waals surface area contributed by atoms with Crippen LogP contribution in [-0.2, 0) is 0 Å². The monoisotopic (exact) mass is 413 g/mol. The van der Waals surface area contributed by atoms with E-state index in [1.54, 1.807) is 6.20 Å². The number of hydrogen-bond acceptors (Lipinski definition) is 7. The second kappa shape index (κ2) is 5.52. The van der Waals surface area contributed by atoms with E-state index >= 15 is 0 Å². The molecule has 4 aliphatic rings. The Morgan fingerprint density at radius 1 is 1.32 bits per heavy atom. The van der Waals surface area contributed by atoms with Crippen LogP contribution in [0.25, 0.3) is 5.65 Å². The molecule has 2 aliphatic carbocycles. The molecule has 2 saturated carbocycles. The molecule has 5 heterocycles.